The molecule has 1 amide bonds. The Morgan fingerprint density at radius 1 is 1.56 bits per heavy atom. The number of nitrogens with two attached hydrogens (primary N) is 1. The summed E-state index contributed by atoms with van der Waals surface area (Å²) >= 11 is 0. The fourth-order valence-corrected chi connectivity index (χ4v) is 1.41. The summed E-state index contributed by atoms with van der Waals surface area (Å²) in [6.45, 7) is 3.46. The molecule has 0 saturated heterocycles. The topological polar surface area (TPSA) is 108 Å². The van der Waals surface area contributed by atoms with Gasteiger partial charge in [0.25, 0.3) is 5.91 Å². The van der Waals surface area contributed by atoms with Gasteiger partial charge in [-0.2, -0.15) is 0 Å². The van der Waals surface area contributed by atoms with Crippen LogP contribution in [0.4, 0.5) is 0 Å². The number of phenols is 1. The highest BCUT2D eigenvalue weighted by Crippen LogP contribution is 2.14. The number of carbonyl (C=O) groups excluding carboxylic acids is 1. The first-order valence-electron chi connectivity index (χ1n) is 5.52. The lowest BCUT2D eigenvalue weighted by atomic mass is 9.97. The summed E-state index contributed by atoms with van der Waals surface area (Å²) < 4.78 is 0. The Morgan fingerprint density at radius 3 is 2.72 bits per heavy atom. The number of rotatable bonds is 4. The highest BCUT2D eigenvalue weighted by molar-refractivity contribution is 6.00. The maximum Gasteiger partial charge on any atom is 0.252 e. The van der Waals surface area contributed by atoms with E-state index in [4.69, 9.17) is 10.9 Å². The molecule has 0 bridgehead atoms. The van der Waals surface area contributed by atoms with Crippen LogP contribution >= 0.6 is 0 Å². The van der Waals surface area contributed by atoms with Gasteiger partial charge in [-0.25, -0.2) is 0 Å². The number of hydrogen-bond acceptors (Lipinski definition) is 4. The summed E-state index contributed by atoms with van der Waals surface area (Å²) in [5.74, 6) is -0.468. The van der Waals surface area contributed by atoms with E-state index in [1.54, 1.807) is 26.0 Å². The Bertz CT molecular complexity index is 473. The molecule has 0 aromatic heterocycles. The zero-order chi connectivity index (χ0) is 13.8. The van der Waals surface area contributed by atoms with Crippen LogP contribution in [0.1, 0.15) is 30.6 Å². The van der Waals surface area contributed by atoms with Crippen molar-refractivity contribution in [2.45, 2.75) is 25.8 Å². The normalized spacial score (nSPS) is 14.9. The van der Waals surface area contributed by atoms with E-state index in [1.807, 2.05) is 0 Å². The molecule has 1 aromatic carbocycles. The maximum absolute atomic E-state index is 12.0. The van der Waals surface area contributed by atoms with Crippen molar-refractivity contribution in [3.63, 3.8) is 0 Å². The Kier molecular flexibility index (Phi) is 4.14. The first kappa shape index (κ1) is 13.8. The fourth-order valence-electron chi connectivity index (χ4n) is 1.41. The second kappa shape index (κ2) is 5.39. The molecule has 0 spiro atoms. The van der Waals surface area contributed by atoms with E-state index in [0.29, 0.717) is 12.0 Å². The van der Waals surface area contributed by atoms with Crippen LogP contribution in [0.3, 0.4) is 0 Å². The average molecular weight is 251 g/mol. The van der Waals surface area contributed by atoms with Crippen molar-refractivity contribution < 1.29 is 15.1 Å². The zero-order valence-electron chi connectivity index (χ0n) is 10.3. The first-order valence-corrected chi connectivity index (χ1v) is 5.52. The van der Waals surface area contributed by atoms with Gasteiger partial charge in [-0.15, -0.1) is 0 Å². The number of hydrogen-bond donors (Lipinski definition) is 4. The molecule has 1 unspecified atom stereocenters. The molecule has 6 heteroatoms. The van der Waals surface area contributed by atoms with Crippen molar-refractivity contribution >= 4 is 11.7 Å². The Hall–Kier alpha value is -2.24. The minimum Gasteiger partial charge on any atom is -0.508 e. The van der Waals surface area contributed by atoms with Crippen LogP contribution in [0.25, 0.3) is 0 Å². The molecule has 5 N–H and O–H groups in total. The quantitative estimate of drug-likeness (QED) is 0.277. The lowest BCUT2D eigenvalue weighted by Gasteiger charge is -2.28. The van der Waals surface area contributed by atoms with Crippen molar-refractivity contribution in [3.05, 3.63) is 29.8 Å². The van der Waals surface area contributed by atoms with E-state index in [1.165, 1.54) is 12.1 Å². The van der Waals surface area contributed by atoms with Crippen LogP contribution < -0.4 is 11.1 Å². The zero-order valence-corrected chi connectivity index (χ0v) is 10.3. The number of amidine groups is 1. The third-order valence-electron chi connectivity index (χ3n) is 2.88. The van der Waals surface area contributed by atoms with E-state index < -0.39 is 11.4 Å². The Balaban J connectivity index is 2.93. The minimum absolute atomic E-state index is 0.00430. The summed E-state index contributed by atoms with van der Waals surface area (Å²) in [5.41, 5.74) is 4.93. The van der Waals surface area contributed by atoms with Crippen molar-refractivity contribution in [2.75, 3.05) is 0 Å². The number of phenolic OH excluding ortho intramolecular Hbond substituents is 1. The molecule has 0 aliphatic heterocycles. The highest BCUT2D eigenvalue weighted by atomic mass is 16.4. The molecular formula is C12H17N3O3. The van der Waals surface area contributed by atoms with Gasteiger partial charge in [-0.05, 0) is 31.5 Å². The van der Waals surface area contributed by atoms with Gasteiger partial charge in [-0.1, -0.05) is 18.1 Å². The molecule has 18 heavy (non-hydrogen) atoms. The molecule has 6 nitrogen and oxygen atoms in total. The average Bonchev–Trinajstić information content (AvgIpc) is 2.37. The van der Waals surface area contributed by atoms with Crippen LogP contribution in [0.15, 0.2) is 29.4 Å². The first-order chi connectivity index (χ1) is 8.42. The van der Waals surface area contributed by atoms with Gasteiger partial charge >= 0.3 is 0 Å². The second-order valence-electron chi connectivity index (χ2n) is 4.18. The molecule has 0 fully saturated rings. The summed E-state index contributed by atoms with van der Waals surface area (Å²) in [5, 5.41) is 23.6. The molecule has 98 valence electrons. The van der Waals surface area contributed by atoms with Gasteiger partial charge in [0.05, 0.1) is 5.54 Å². The van der Waals surface area contributed by atoms with Crippen LogP contribution in [-0.2, 0) is 0 Å². The molecular weight excluding hydrogens is 234 g/mol. The van der Waals surface area contributed by atoms with Crippen molar-refractivity contribution in [3.8, 4) is 5.75 Å². The maximum atomic E-state index is 12.0. The number of oxime groups is 1. The van der Waals surface area contributed by atoms with Crippen LogP contribution in [0.5, 0.6) is 5.75 Å². The van der Waals surface area contributed by atoms with E-state index in [2.05, 4.69) is 10.5 Å². The van der Waals surface area contributed by atoms with E-state index in [0.717, 1.165) is 0 Å². The number of benzene rings is 1. The third-order valence-corrected chi connectivity index (χ3v) is 2.88. The molecule has 1 aromatic rings. The van der Waals surface area contributed by atoms with Gasteiger partial charge in [0.2, 0.25) is 0 Å². The molecule has 0 saturated carbocycles. The predicted octanol–water partition coefficient (Wildman–Crippen LogP) is 1.04. The molecule has 0 radical (unpaired) electrons. The number of nitrogens with one attached hydrogen (secondary N) is 1. The van der Waals surface area contributed by atoms with E-state index >= 15 is 0 Å². The summed E-state index contributed by atoms with van der Waals surface area (Å²) in [6, 6.07) is 5.95. The third kappa shape index (κ3) is 2.91. The number of nitrogens with zero attached hydrogens (tertiary/aromatic N) is 1. The van der Waals surface area contributed by atoms with Gasteiger partial charge in [0.1, 0.15) is 5.75 Å². The predicted molar refractivity (Wildman–Crippen MR) is 67.7 cm³/mol. The molecule has 0 heterocycles. The second-order valence-corrected chi connectivity index (χ2v) is 4.18. The van der Waals surface area contributed by atoms with Crippen LogP contribution in [0, 0.1) is 0 Å². The highest BCUT2D eigenvalue weighted by Gasteiger charge is 2.29. The Morgan fingerprint density at radius 2 is 2.22 bits per heavy atom. The van der Waals surface area contributed by atoms with Gasteiger partial charge < -0.3 is 21.4 Å². The van der Waals surface area contributed by atoms with Crippen molar-refractivity contribution in [2.24, 2.45) is 10.9 Å². The van der Waals surface area contributed by atoms with E-state index in [-0.39, 0.29) is 11.6 Å². The summed E-state index contributed by atoms with van der Waals surface area (Å²) in [6.07, 6.45) is 0.466. The molecule has 1 atom stereocenters. The number of carbonyl (C=O) groups is 1. The fraction of sp³-hybridized carbons (Fsp3) is 0.333. The largest absolute Gasteiger partial charge is 0.508 e. The Labute approximate surface area is 105 Å². The van der Waals surface area contributed by atoms with Gasteiger partial charge in [0, 0.05) is 5.56 Å². The molecule has 0 aliphatic carbocycles. The lowest BCUT2D eigenvalue weighted by Crippen LogP contribution is -2.55. The van der Waals surface area contributed by atoms with Crippen LogP contribution in [0.2, 0.25) is 0 Å². The van der Waals surface area contributed by atoms with Crippen molar-refractivity contribution in [1.29, 1.82) is 0 Å². The molecule has 1 rings (SSSR count). The van der Waals surface area contributed by atoms with Gasteiger partial charge in [0.15, 0.2) is 5.84 Å². The van der Waals surface area contributed by atoms with E-state index in [9.17, 15) is 9.90 Å². The summed E-state index contributed by atoms with van der Waals surface area (Å²) in [7, 11) is 0. The van der Waals surface area contributed by atoms with Crippen LogP contribution in [-0.4, -0.2) is 27.6 Å². The molecule has 0 aliphatic rings. The summed E-state index contributed by atoms with van der Waals surface area (Å²) in [4.78, 5) is 12.0. The minimum atomic E-state index is -0.933. The monoisotopic (exact) mass is 251 g/mol. The smallest absolute Gasteiger partial charge is 0.252 e. The van der Waals surface area contributed by atoms with Crippen molar-refractivity contribution in [1.82, 2.24) is 5.32 Å². The standard InChI is InChI=1S/C12H17N3O3/c1-3-12(2,11(13)15-18)14-10(17)8-5-4-6-9(16)7-8/h4-7,16,18H,3H2,1-2H3,(H2,13,15)(H,14,17). The van der Waals surface area contributed by atoms with Gasteiger partial charge in [-0.3, -0.25) is 4.79 Å². The number of aromatic hydroxyl groups is 1. The number of amides is 1. The SMILES string of the molecule is CCC(C)(NC(=O)c1cccc(O)c1)/C(N)=N/O. The lowest BCUT2D eigenvalue weighted by molar-refractivity contribution is 0.0924.